The smallest absolute Gasteiger partial charge is 0.244 e. The molecule has 1 saturated heterocycles. The second-order valence-corrected chi connectivity index (χ2v) is 10.1. The number of methoxy groups -OCH3 is 1. The molecule has 4 rings (SSSR count). The highest BCUT2D eigenvalue weighted by atomic mass is 32.2. The van der Waals surface area contributed by atoms with Crippen molar-refractivity contribution < 1.29 is 22.7 Å². The van der Waals surface area contributed by atoms with Gasteiger partial charge in [-0.05, 0) is 44.2 Å². The Hall–Kier alpha value is -3.70. The number of aromatic nitrogens is 2. The molecule has 0 unspecified atom stereocenters. The molecular weight excluding hydrogens is 470 g/mol. The highest BCUT2D eigenvalue weighted by molar-refractivity contribution is 7.89. The van der Waals surface area contributed by atoms with E-state index >= 15 is 0 Å². The summed E-state index contributed by atoms with van der Waals surface area (Å²) >= 11 is 0. The van der Waals surface area contributed by atoms with Gasteiger partial charge >= 0.3 is 0 Å². The van der Waals surface area contributed by atoms with Crippen molar-refractivity contribution in [2.75, 3.05) is 25.5 Å². The minimum absolute atomic E-state index is 0.0625. The molecule has 2 amide bonds. The largest absolute Gasteiger partial charge is 0.495 e. The van der Waals surface area contributed by atoms with E-state index in [0.29, 0.717) is 22.7 Å². The minimum atomic E-state index is -4.14. The fourth-order valence-electron chi connectivity index (χ4n) is 4.32. The first-order valence-corrected chi connectivity index (χ1v) is 12.5. The topological polar surface area (TPSA) is 123 Å². The number of benzene rings is 2. The fraction of sp³-hybridized carbons (Fsp3) is 0.292. The average molecular weight is 498 g/mol. The summed E-state index contributed by atoms with van der Waals surface area (Å²) in [6.07, 6.45) is 0. The molecule has 0 saturated carbocycles. The number of carbonyl (C=O) groups is 2. The monoisotopic (exact) mass is 497 g/mol. The van der Waals surface area contributed by atoms with E-state index < -0.39 is 22.0 Å². The molecule has 184 valence electrons. The Morgan fingerprint density at radius 3 is 2.54 bits per heavy atom. The Bertz CT molecular complexity index is 1380. The van der Waals surface area contributed by atoms with Crippen molar-refractivity contribution >= 4 is 27.5 Å². The number of nitrogens with zero attached hydrogens (tertiary/aromatic N) is 3. The molecule has 1 aliphatic rings. The lowest BCUT2D eigenvalue weighted by Gasteiger charge is -2.34. The number of hydrogen-bond acceptors (Lipinski definition) is 6. The molecule has 1 aromatic heterocycles. The summed E-state index contributed by atoms with van der Waals surface area (Å²) in [4.78, 5) is 24.7. The number of aryl methyl sites for hydroxylation is 1. The zero-order chi connectivity index (χ0) is 25.3. The molecule has 2 aromatic carbocycles. The molecule has 1 aliphatic heterocycles. The number of sulfonamides is 1. The molecule has 35 heavy (non-hydrogen) atoms. The van der Waals surface area contributed by atoms with Crippen molar-refractivity contribution in [2.24, 2.45) is 0 Å². The molecule has 3 aromatic rings. The van der Waals surface area contributed by atoms with Gasteiger partial charge < -0.3 is 15.4 Å². The van der Waals surface area contributed by atoms with E-state index in [4.69, 9.17) is 4.74 Å². The van der Waals surface area contributed by atoms with Crippen LogP contribution >= 0.6 is 0 Å². The van der Waals surface area contributed by atoms with E-state index in [0.717, 1.165) is 5.69 Å². The van der Waals surface area contributed by atoms with Gasteiger partial charge in [0.05, 0.1) is 29.1 Å². The van der Waals surface area contributed by atoms with Crippen LogP contribution in [0.3, 0.4) is 0 Å². The van der Waals surface area contributed by atoms with Crippen molar-refractivity contribution in [3.05, 3.63) is 65.5 Å². The molecular formula is C24H27N5O5S. The van der Waals surface area contributed by atoms with Gasteiger partial charge in [-0.2, -0.15) is 9.40 Å². The summed E-state index contributed by atoms with van der Waals surface area (Å²) in [5.41, 5.74) is 2.79. The molecule has 0 aliphatic carbocycles. The number of anilines is 1. The fourth-order valence-corrected chi connectivity index (χ4v) is 5.91. The maximum absolute atomic E-state index is 13.8. The van der Waals surface area contributed by atoms with Gasteiger partial charge in [-0.3, -0.25) is 9.59 Å². The van der Waals surface area contributed by atoms with Crippen LogP contribution in [0.1, 0.15) is 29.9 Å². The lowest BCUT2D eigenvalue weighted by Crippen LogP contribution is -2.52. The summed E-state index contributed by atoms with van der Waals surface area (Å²) < 4.78 is 35.8. The highest BCUT2D eigenvalue weighted by Gasteiger charge is 2.42. The molecule has 0 radical (unpaired) electrons. The van der Waals surface area contributed by atoms with Gasteiger partial charge in [-0.15, -0.1) is 0 Å². The second-order valence-electron chi connectivity index (χ2n) is 8.18. The van der Waals surface area contributed by atoms with Gasteiger partial charge in [0.25, 0.3) is 0 Å². The van der Waals surface area contributed by atoms with E-state index in [-0.39, 0.29) is 29.6 Å². The molecule has 0 bridgehead atoms. The van der Waals surface area contributed by atoms with Gasteiger partial charge in [0.15, 0.2) is 0 Å². The second kappa shape index (κ2) is 9.51. The predicted molar refractivity (Wildman–Crippen MR) is 130 cm³/mol. The SMILES string of the molecule is COc1ccc(S(=O)(=O)N2CCNC(=O)[C@@H]2c2c(C)nn(-c3ccccc3)c2C)cc1NC(C)=O. The summed E-state index contributed by atoms with van der Waals surface area (Å²) in [6, 6.07) is 12.5. The Balaban J connectivity index is 1.81. The molecule has 1 atom stereocenters. The van der Waals surface area contributed by atoms with Crippen LogP contribution in [-0.4, -0.2) is 54.5 Å². The number of amides is 2. The summed E-state index contributed by atoms with van der Waals surface area (Å²) in [6.45, 7) is 5.15. The van der Waals surface area contributed by atoms with Crippen LogP contribution in [0.4, 0.5) is 5.69 Å². The van der Waals surface area contributed by atoms with Crippen LogP contribution < -0.4 is 15.4 Å². The molecule has 0 spiro atoms. The van der Waals surface area contributed by atoms with Crippen LogP contribution in [0, 0.1) is 13.8 Å². The minimum Gasteiger partial charge on any atom is -0.495 e. The first kappa shape index (κ1) is 24.4. The van der Waals surface area contributed by atoms with Crippen molar-refractivity contribution in [2.45, 2.75) is 31.7 Å². The standard InChI is InChI=1S/C24H27N5O5S/c1-15-22(16(2)29(27-15)18-8-6-5-7-9-18)23-24(31)25-12-13-28(23)35(32,33)19-10-11-21(34-4)20(14-19)26-17(3)30/h5-11,14,23H,12-13H2,1-4H3,(H,25,31)(H,26,30)/t23-/m0/s1. The van der Waals surface area contributed by atoms with Gasteiger partial charge in [-0.1, -0.05) is 18.2 Å². The van der Waals surface area contributed by atoms with Crippen molar-refractivity contribution in [1.82, 2.24) is 19.4 Å². The number of rotatable bonds is 6. The van der Waals surface area contributed by atoms with E-state index in [1.807, 2.05) is 37.3 Å². The zero-order valence-electron chi connectivity index (χ0n) is 19.9. The van der Waals surface area contributed by atoms with Gasteiger partial charge in [0.1, 0.15) is 11.8 Å². The van der Waals surface area contributed by atoms with Crippen LogP contribution in [0.15, 0.2) is 53.4 Å². The molecule has 2 heterocycles. The third-order valence-corrected chi connectivity index (χ3v) is 7.74. The highest BCUT2D eigenvalue weighted by Crippen LogP contribution is 2.36. The van der Waals surface area contributed by atoms with Gasteiger partial charge in [0, 0.05) is 31.3 Å². The molecule has 10 nitrogen and oxygen atoms in total. The third kappa shape index (κ3) is 4.52. The molecule has 2 N–H and O–H groups in total. The molecule has 1 fully saturated rings. The van der Waals surface area contributed by atoms with Crippen LogP contribution in [-0.2, 0) is 19.6 Å². The maximum Gasteiger partial charge on any atom is 0.244 e. The number of para-hydroxylation sites is 1. The Morgan fingerprint density at radius 1 is 1.17 bits per heavy atom. The van der Waals surface area contributed by atoms with Crippen molar-refractivity contribution in [3.8, 4) is 11.4 Å². The Morgan fingerprint density at radius 2 is 1.89 bits per heavy atom. The van der Waals surface area contributed by atoms with Crippen LogP contribution in [0.5, 0.6) is 5.75 Å². The van der Waals surface area contributed by atoms with Crippen LogP contribution in [0.25, 0.3) is 5.69 Å². The number of piperazine rings is 1. The average Bonchev–Trinajstić information content (AvgIpc) is 3.12. The van der Waals surface area contributed by atoms with E-state index in [9.17, 15) is 18.0 Å². The summed E-state index contributed by atoms with van der Waals surface area (Å²) in [5, 5.41) is 9.98. The number of carbonyl (C=O) groups excluding carboxylic acids is 2. The van der Waals surface area contributed by atoms with Gasteiger partial charge in [-0.25, -0.2) is 13.1 Å². The predicted octanol–water partition coefficient (Wildman–Crippen LogP) is 2.32. The number of ether oxygens (including phenoxy) is 1. The van der Waals surface area contributed by atoms with Gasteiger partial charge in [0.2, 0.25) is 21.8 Å². The zero-order valence-corrected chi connectivity index (χ0v) is 20.7. The first-order chi connectivity index (χ1) is 16.6. The lowest BCUT2D eigenvalue weighted by atomic mass is 10.0. The lowest BCUT2D eigenvalue weighted by molar-refractivity contribution is -0.127. The number of hydrogen-bond donors (Lipinski definition) is 2. The third-order valence-electron chi connectivity index (χ3n) is 5.88. The van der Waals surface area contributed by atoms with E-state index in [1.165, 1.54) is 36.5 Å². The van der Waals surface area contributed by atoms with E-state index in [2.05, 4.69) is 15.7 Å². The maximum atomic E-state index is 13.8. The Labute approximate surface area is 203 Å². The molecule has 11 heteroatoms. The van der Waals surface area contributed by atoms with E-state index in [1.54, 1.807) is 11.6 Å². The Kier molecular flexibility index (Phi) is 6.64. The van der Waals surface area contributed by atoms with Crippen molar-refractivity contribution in [1.29, 1.82) is 0 Å². The first-order valence-electron chi connectivity index (χ1n) is 11.0. The van der Waals surface area contributed by atoms with Crippen molar-refractivity contribution in [3.63, 3.8) is 0 Å². The van der Waals surface area contributed by atoms with Crippen LogP contribution in [0.2, 0.25) is 0 Å². The summed E-state index contributed by atoms with van der Waals surface area (Å²) in [5.74, 6) is -0.468. The normalized spacial score (nSPS) is 16.6. The quantitative estimate of drug-likeness (QED) is 0.539. The number of nitrogens with one attached hydrogen (secondary N) is 2. The summed E-state index contributed by atoms with van der Waals surface area (Å²) in [7, 11) is -2.71.